The summed E-state index contributed by atoms with van der Waals surface area (Å²) >= 11 is 0. The summed E-state index contributed by atoms with van der Waals surface area (Å²) in [6, 6.07) is 9.82. The minimum atomic E-state index is -1.78. The SMILES string of the molecule is Cc1c(O)c2c(c(C)c1O[C@H]1O[C@H](COC(=O)/C=C\c3ccc(O)cc3)[C@@H](O)[C@H](O)[C@H]1O)O[C@H](c1cc(O)ccc1O)CC2=O. The van der Waals surface area contributed by atoms with Crippen LogP contribution in [-0.4, -0.2) is 84.8 Å². The molecule has 7 N–H and O–H groups in total. The number of Topliss-reactive ketones (excluding diaryl/α,β-unsaturated/α-hetero) is 1. The number of carbonyl (C=O) groups excluding carboxylic acids is 2. The molecule has 238 valence electrons. The van der Waals surface area contributed by atoms with Crippen molar-refractivity contribution < 1.29 is 64.3 Å². The van der Waals surface area contributed by atoms with Gasteiger partial charge in [0.15, 0.2) is 5.78 Å². The van der Waals surface area contributed by atoms with Crippen LogP contribution in [-0.2, 0) is 14.3 Å². The molecule has 0 saturated carbocycles. The van der Waals surface area contributed by atoms with Crippen molar-refractivity contribution in [1.82, 2.24) is 0 Å². The largest absolute Gasteiger partial charge is 0.508 e. The number of fused-ring (bicyclic) bond motifs is 1. The standard InChI is InChI=1S/C32H32O13/c1-14-26(38)25-21(36)12-22(19-11-18(34)8-9-20(19)35)43-31(25)15(2)30(14)45-32-29(41)28(40)27(39)23(44-32)13-42-24(37)10-5-16-3-6-17(33)7-4-16/h3-11,22-23,27-29,32-35,38-41H,12-13H2,1-2H3/b10-5-/t22-,23+,27+,28-,29+,32+/m0/s1. The molecule has 0 amide bonds. The molecule has 0 spiro atoms. The van der Waals surface area contributed by atoms with E-state index in [1.165, 1.54) is 50.3 Å². The molecular weight excluding hydrogens is 592 g/mol. The summed E-state index contributed by atoms with van der Waals surface area (Å²) in [5, 5.41) is 72.3. The Balaban J connectivity index is 1.35. The van der Waals surface area contributed by atoms with E-state index in [2.05, 4.69) is 0 Å². The number of aromatic hydroxyl groups is 4. The molecule has 0 radical (unpaired) electrons. The van der Waals surface area contributed by atoms with E-state index >= 15 is 0 Å². The first-order valence-electron chi connectivity index (χ1n) is 13.9. The number of ketones is 1. The fourth-order valence-electron chi connectivity index (χ4n) is 5.21. The molecule has 2 aliphatic heterocycles. The van der Waals surface area contributed by atoms with E-state index in [0.717, 1.165) is 6.08 Å². The number of hydrogen-bond donors (Lipinski definition) is 7. The number of hydrogen-bond acceptors (Lipinski definition) is 13. The maximum atomic E-state index is 13.1. The van der Waals surface area contributed by atoms with Crippen LogP contribution in [0.15, 0.2) is 48.5 Å². The number of phenols is 4. The Morgan fingerprint density at radius 3 is 2.33 bits per heavy atom. The summed E-state index contributed by atoms with van der Waals surface area (Å²) < 4.78 is 22.8. The lowest BCUT2D eigenvalue weighted by Gasteiger charge is -2.40. The van der Waals surface area contributed by atoms with E-state index in [-0.39, 0.29) is 57.4 Å². The van der Waals surface area contributed by atoms with Gasteiger partial charge in [-0.2, -0.15) is 0 Å². The van der Waals surface area contributed by atoms with Gasteiger partial charge in [0.1, 0.15) is 77.2 Å². The summed E-state index contributed by atoms with van der Waals surface area (Å²) in [5.41, 5.74) is 0.964. The van der Waals surface area contributed by atoms with E-state index in [9.17, 15) is 45.3 Å². The number of esters is 1. The lowest BCUT2D eigenvalue weighted by atomic mass is 9.91. The van der Waals surface area contributed by atoms with Gasteiger partial charge < -0.3 is 54.7 Å². The Kier molecular flexibility index (Phi) is 8.89. The fourth-order valence-corrected chi connectivity index (χ4v) is 5.21. The number of carbonyl (C=O) groups is 2. The van der Waals surface area contributed by atoms with Gasteiger partial charge in [-0.15, -0.1) is 0 Å². The van der Waals surface area contributed by atoms with Crippen molar-refractivity contribution in [3.63, 3.8) is 0 Å². The normalized spacial score (nSPS) is 24.6. The van der Waals surface area contributed by atoms with Gasteiger partial charge in [0.25, 0.3) is 0 Å². The highest BCUT2D eigenvalue weighted by atomic mass is 16.7. The van der Waals surface area contributed by atoms with E-state index in [0.29, 0.717) is 5.56 Å². The van der Waals surface area contributed by atoms with E-state index in [1.807, 2.05) is 0 Å². The van der Waals surface area contributed by atoms with Crippen molar-refractivity contribution in [2.75, 3.05) is 6.61 Å². The van der Waals surface area contributed by atoms with Crippen molar-refractivity contribution in [2.45, 2.75) is 57.1 Å². The van der Waals surface area contributed by atoms with E-state index in [4.69, 9.17) is 18.9 Å². The van der Waals surface area contributed by atoms with Crippen molar-refractivity contribution in [2.24, 2.45) is 0 Å². The lowest BCUT2D eigenvalue weighted by Crippen LogP contribution is -2.60. The molecular formula is C32H32O13. The summed E-state index contributed by atoms with van der Waals surface area (Å²) in [5.74, 6) is -2.17. The molecule has 13 nitrogen and oxygen atoms in total. The first-order valence-corrected chi connectivity index (χ1v) is 13.9. The summed E-state index contributed by atoms with van der Waals surface area (Å²) in [7, 11) is 0. The second-order valence-corrected chi connectivity index (χ2v) is 10.8. The van der Waals surface area contributed by atoms with Crippen molar-refractivity contribution in [3.8, 4) is 34.5 Å². The first-order chi connectivity index (χ1) is 21.3. The monoisotopic (exact) mass is 624 g/mol. The number of ether oxygens (including phenoxy) is 4. The van der Waals surface area contributed by atoms with Crippen molar-refractivity contribution in [3.05, 3.63) is 76.4 Å². The maximum Gasteiger partial charge on any atom is 0.330 e. The number of rotatable bonds is 7. The van der Waals surface area contributed by atoms with Crippen LogP contribution >= 0.6 is 0 Å². The zero-order chi connectivity index (χ0) is 32.6. The zero-order valence-electron chi connectivity index (χ0n) is 24.2. The van der Waals surface area contributed by atoms with Crippen molar-refractivity contribution in [1.29, 1.82) is 0 Å². The summed E-state index contributed by atoms with van der Waals surface area (Å²) in [4.78, 5) is 25.4. The van der Waals surface area contributed by atoms with Crippen LogP contribution in [0.1, 0.15) is 45.1 Å². The van der Waals surface area contributed by atoms with Gasteiger partial charge in [0.05, 0.1) is 6.42 Å². The molecule has 2 heterocycles. The van der Waals surface area contributed by atoms with Crippen LogP contribution in [0.2, 0.25) is 0 Å². The fraction of sp³-hybridized carbons (Fsp3) is 0.312. The van der Waals surface area contributed by atoms with Gasteiger partial charge in [-0.25, -0.2) is 4.79 Å². The average molecular weight is 625 g/mol. The highest BCUT2D eigenvalue weighted by Gasteiger charge is 2.46. The minimum Gasteiger partial charge on any atom is -0.508 e. The van der Waals surface area contributed by atoms with E-state index in [1.54, 1.807) is 12.1 Å². The number of benzene rings is 3. The number of aliphatic hydroxyl groups excluding tert-OH is 3. The predicted molar refractivity (Wildman–Crippen MR) is 155 cm³/mol. The van der Waals surface area contributed by atoms with Crippen LogP contribution < -0.4 is 9.47 Å². The van der Waals surface area contributed by atoms with Crippen LogP contribution in [0, 0.1) is 13.8 Å². The molecule has 1 saturated heterocycles. The third kappa shape index (κ3) is 6.37. The van der Waals surface area contributed by atoms with Crippen LogP contribution in [0.5, 0.6) is 34.5 Å². The first kappa shape index (κ1) is 31.6. The molecule has 0 aliphatic carbocycles. The summed E-state index contributed by atoms with van der Waals surface area (Å²) in [6.07, 6.45) is -6.87. The van der Waals surface area contributed by atoms with Gasteiger partial charge in [-0.3, -0.25) is 4.79 Å². The van der Waals surface area contributed by atoms with Crippen LogP contribution in [0.4, 0.5) is 0 Å². The molecule has 5 rings (SSSR count). The zero-order valence-corrected chi connectivity index (χ0v) is 24.2. The lowest BCUT2D eigenvalue weighted by molar-refractivity contribution is -0.278. The molecule has 45 heavy (non-hydrogen) atoms. The van der Waals surface area contributed by atoms with Gasteiger partial charge in [0.2, 0.25) is 6.29 Å². The highest BCUT2D eigenvalue weighted by molar-refractivity contribution is 6.04. The van der Waals surface area contributed by atoms with Gasteiger partial charge >= 0.3 is 5.97 Å². The number of phenolic OH excluding ortho intramolecular Hbond substituents is 4. The number of aliphatic hydroxyl groups is 3. The van der Waals surface area contributed by atoms with Gasteiger partial charge in [0, 0.05) is 22.8 Å². The molecule has 0 bridgehead atoms. The maximum absolute atomic E-state index is 13.1. The minimum absolute atomic E-state index is 0.0555. The average Bonchev–Trinajstić information content (AvgIpc) is 3.01. The Bertz CT molecular complexity index is 1630. The van der Waals surface area contributed by atoms with Gasteiger partial charge in [-0.05, 0) is 55.8 Å². The predicted octanol–water partition coefficient (Wildman–Crippen LogP) is 2.28. The van der Waals surface area contributed by atoms with E-state index < -0.39 is 60.9 Å². The molecule has 1 fully saturated rings. The third-order valence-corrected chi connectivity index (χ3v) is 7.71. The Morgan fingerprint density at radius 1 is 0.933 bits per heavy atom. The molecule has 0 aromatic heterocycles. The molecule has 13 heteroatoms. The second kappa shape index (κ2) is 12.7. The van der Waals surface area contributed by atoms with Crippen LogP contribution in [0.25, 0.3) is 6.08 Å². The second-order valence-electron chi connectivity index (χ2n) is 10.8. The topological polar surface area (TPSA) is 213 Å². The van der Waals surface area contributed by atoms with Crippen LogP contribution in [0.3, 0.4) is 0 Å². The molecule has 3 aromatic carbocycles. The molecule has 0 unspecified atom stereocenters. The molecule has 3 aromatic rings. The molecule has 6 atom stereocenters. The Morgan fingerprint density at radius 2 is 1.62 bits per heavy atom. The Labute approximate surface area is 256 Å². The molecule has 2 aliphatic rings. The Hall–Kier alpha value is -4.82. The smallest absolute Gasteiger partial charge is 0.330 e. The highest BCUT2D eigenvalue weighted by Crippen LogP contribution is 2.49. The van der Waals surface area contributed by atoms with Crippen molar-refractivity contribution >= 4 is 17.8 Å². The summed E-state index contributed by atoms with van der Waals surface area (Å²) in [6.45, 7) is 2.46. The van der Waals surface area contributed by atoms with Gasteiger partial charge in [-0.1, -0.05) is 12.1 Å². The quantitative estimate of drug-likeness (QED) is 0.114. The third-order valence-electron chi connectivity index (χ3n) is 7.71.